The summed E-state index contributed by atoms with van der Waals surface area (Å²) in [5.74, 6) is -1.63. The minimum absolute atomic E-state index is 0.725. The summed E-state index contributed by atoms with van der Waals surface area (Å²) in [7, 11) is 0. The van der Waals surface area contributed by atoms with E-state index in [1.165, 1.54) is 0 Å². The Morgan fingerprint density at radius 1 is 0.366 bits per heavy atom. The Labute approximate surface area is 464 Å². The molecule has 37 nitrogen and oxygen atoms in total. The van der Waals surface area contributed by atoms with E-state index in [0.717, 1.165) is 13.8 Å². The number of carbonyl (C=O) groups excluding carboxylic acids is 2. The molecule has 22 N–H and O–H groups in total. The quantitative estimate of drug-likeness (QED) is 0.0538. The van der Waals surface area contributed by atoms with Gasteiger partial charge in [0.25, 0.3) is 0 Å². The molecule has 0 aromatic rings. The number of hydrogen-bond acceptors (Lipinski definition) is 35. The Balaban J connectivity index is 1.24. The lowest BCUT2D eigenvalue weighted by atomic mass is 9.93. The van der Waals surface area contributed by atoms with Crippen molar-refractivity contribution in [3.05, 3.63) is 0 Å². The fourth-order valence-corrected chi connectivity index (χ4v) is 10.4. The molecule has 0 spiro atoms. The molecule has 0 aromatic carbocycles. The molecule has 0 radical (unpaired) electrons. The number of nitrogens with one attached hydrogen (secondary N) is 2. The van der Waals surface area contributed by atoms with Crippen molar-refractivity contribution >= 4 is 11.8 Å². The van der Waals surface area contributed by atoms with Gasteiger partial charge in [-0.3, -0.25) is 9.59 Å². The van der Waals surface area contributed by atoms with Crippen LogP contribution in [0.15, 0.2) is 0 Å². The monoisotopic (exact) mass is 1200 g/mol. The molecule has 7 aliphatic rings. The van der Waals surface area contributed by atoms with Crippen LogP contribution in [0.25, 0.3) is 0 Å². The van der Waals surface area contributed by atoms with Crippen molar-refractivity contribution in [2.75, 3.05) is 46.2 Å². The van der Waals surface area contributed by atoms with E-state index < -0.39 is 267 Å². The first-order valence-corrected chi connectivity index (χ1v) is 26.0. The summed E-state index contributed by atoms with van der Waals surface area (Å²) < 4.78 is 75.5. The number of carbonyl (C=O) groups is 2. The molecule has 7 fully saturated rings. The predicted octanol–water partition coefficient (Wildman–Crippen LogP) is -15.3. The van der Waals surface area contributed by atoms with Gasteiger partial charge in [-0.05, 0) is 0 Å². The fraction of sp³-hybridized carbons (Fsp3) is 0.956. The maximum Gasteiger partial charge on any atom is 0.217 e. The van der Waals surface area contributed by atoms with Gasteiger partial charge in [0.2, 0.25) is 11.8 Å². The van der Waals surface area contributed by atoms with Gasteiger partial charge in [0.1, 0.15) is 165 Å². The van der Waals surface area contributed by atoms with Crippen LogP contribution in [0.1, 0.15) is 13.8 Å². The van der Waals surface area contributed by atoms with Crippen molar-refractivity contribution in [1.29, 1.82) is 0 Å². The number of rotatable bonds is 20. The van der Waals surface area contributed by atoms with E-state index in [-0.39, 0.29) is 0 Å². The summed E-state index contributed by atoms with van der Waals surface area (Å²) in [6.45, 7) is -4.75. The zero-order valence-electron chi connectivity index (χ0n) is 43.6. The average Bonchev–Trinajstić information content (AvgIpc) is 3.47. The van der Waals surface area contributed by atoms with E-state index in [1.54, 1.807) is 0 Å². The van der Waals surface area contributed by atoms with Crippen LogP contribution in [0, 0.1) is 0 Å². The minimum atomic E-state index is -2.29. The van der Waals surface area contributed by atoms with Gasteiger partial charge in [-0.25, -0.2) is 0 Å². The molecule has 2 amide bonds. The number of aliphatic hydroxyl groups is 20. The molecule has 82 heavy (non-hydrogen) atoms. The third-order valence-electron chi connectivity index (χ3n) is 14.9. The molecule has 7 rings (SSSR count). The topological polar surface area (TPSA) is 583 Å². The van der Waals surface area contributed by atoms with Crippen molar-refractivity contribution in [3.8, 4) is 0 Å². The summed E-state index contributed by atoms with van der Waals surface area (Å²) in [5.41, 5.74) is 0. The zero-order valence-corrected chi connectivity index (χ0v) is 43.6. The summed E-state index contributed by atoms with van der Waals surface area (Å²) in [6.07, 6.45) is -63.5. The Morgan fingerprint density at radius 3 is 1.30 bits per heavy atom. The predicted molar refractivity (Wildman–Crippen MR) is 249 cm³/mol. The van der Waals surface area contributed by atoms with Crippen LogP contribution >= 0.6 is 0 Å². The second-order valence-corrected chi connectivity index (χ2v) is 20.6. The normalized spacial score (nSPS) is 50.4. The van der Waals surface area contributed by atoms with Gasteiger partial charge >= 0.3 is 0 Å². The van der Waals surface area contributed by atoms with E-state index in [4.69, 9.17) is 61.6 Å². The summed E-state index contributed by atoms with van der Waals surface area (Å²) >= 11 is 0. The van der Waals surface area contributed by atoms with Gasteiger partial charge in [0.05, 0.1) is 46.2 Å². The van der Waals surface area contributed by atoms with Gasteiger partial charge < -0.3 is 174 Å². The van der Waals surface area contributed by atoms with Crippen LogP contribution in [0.5, 0.6) is 0 Å². The largest absolute Gasteiger partial charge is 0.394 e. The highest BCUT2D eigenvalue weighted by Gasteiger charge is 2.59. The smallest absolute Gasteiger partial charge is 0.217 e. The summed E-state index contributed by atoms with van der Waals surface area (Å²) in [5, 5.41) is 221. The maximum absolute atomic E-state index is 12.8. The molecular formula is C45H76N2O35. The lowest BCUT2D eigenvalue weighted by Gasteiger charge is -2.51. The third-order valence-corrected chi connectivity index (χ3v) is 14.9. The first kappa shape index (κ1) is 67.1. The molecular weight excluding hydrogens is 1130 g/mol. The molecule has 34 unspecified atom stereocenters. The number of ether oxygens (including phenoxy) is 13. The van der Waals surface area contributed by atoms with Crippen molar-refractivity contribution in [2.24, 2.45) is 0 Å². The molecule has 0 saturated carbocycles. The molecule has 7 heterocycles. The van der Waals surface area contributed by atoms with Crippen LogP contribution < -0.4 is 10.6 Å². The maximum atomic E-state index is 12.8. The van der Waals surface area contributed by atoms with Crippen LogP contribution in [0.2, 0.25) is 0 Å². The van der Waals surface area contributed by atoms with Crippen LogP contribution in [-0.4, -0.2) is 369 Å². The van der Waals surface area contributed by atoms with E-state index in [2.05, 4.69) is 10.6 Å². The van der Waals surface area contributed by atoms with Crippen molar-refractivity contribution < 1.29 is 173 Å². The Morgan fingerprint density at radius 2 is 0.768 bits per heavy atom. The molecule has 476 valence electrons. The zero-order chi connectivity index (χ0) is 60.3. The fourth-order valence-electron chi connectivity index (χ4n) is 10.4. The van der Waals surface area contributed by atoms with E-state index >= 15 is 0 Å². The van der Waals surface area contributed by atoms with Crippen LogP contribution in [0.3, 0.4) is 0 Å². The molecule has 0 aliphatic carbocycles. The lowest BCUT2D eigenvalue weighted by molar-refractivity contribution is -0.404. The van der Waals surface area contributed by atoms with Crippen LogP contribution in [0.4, 0.5) is 0 Å². The number of amides is 2. The molecule has 7 aliphatic heterocycles. The van der Waals surface area contributed by atoms with E-state index in [9.17, 15) is 112 Å². The van der Waals surface area contributed by atoms with E-state index in [1.807, 2.05) is 0 Å². The van der Waals surface area contributed by atoms with E-state index in [0.29, 0.717) is 0 Å². The number of aliphatic hydroxyl groups excluding tert-OH is 20. The highest BCUT2D eigenvalue weighted by molar-refractivity contribution is 5.73. The van der Waals surface area contributed by atoms with Crippen molar-refractivity contribution in [1.82, 2.24) is 10.6 Å². The summed E-state index contributed by atoms with van der Waals surface area (Å²) in [4.78, 5) is 24.8. The van der Waals surface area contributed by atoms with Gasteiger partial charge in [-0.1, -0.05) is 0 Å². The first-order valence-electron chi connectivity index (χ1n) is 26.0. The Bertz CT molecular complexity index is 2010. The van der Waals surface area contributed by atoms with Gasteiger partial charge in [0.15, 0.2) is 44.0 Å². The standard InChI is InChI=1S/C45H76N2O35/c1-10(53)46-19-26(61)34(16(6-51)72-39(19)69)78-40-20(47-11(2)54)27(62)35(17(7-52)76-40)79-45-38(82-41-30(65)21(56)12(55)8-70-41)37(81-44-32(67)29(64)23(58)14(4-49)75-44)25(60)18(77-45)9-71-42-33(68)36(24(59)15(5-50)73-42)80-43-31(66)28(63)22(57)13(3-48)74-43/h12-45,48-52,55-69H,3-9H2,1-2H3,(H,46,53)(H,47,54). The minimum Gasteiger partial charge on any atom is -0.394 e. The van der Waals surface area contributed by atoms with Crippen molar-refractivity contribution in [2.45, 2.75) is 223 Å². The third kappa shape index (κ3) is 14.4. The molecule has 0 bridgehead atoms. The molecule has 37 heteroatoms. The Kier molecular flexibility index (Phi) is 23.8. The first-order chi connectivity index (χ1) is 38.8. The lowest BCUT2D eigenvalue weighted by Crippen LogP contribution is -2.71. The SMILES string of the molecule is CC(=O)NC1C(O)OC(CO)C(OC2OC(CO)C(OC3OC(COC4OC(CO)C(O)C(OC5OC(CO)C(O)C(O)C5O)C4O)C(O)C(OC4OC(CO)C(O)C(O)C4O)C3OC3OCC(O)C(O)C3O)C(O)C2NC(C)=O)C1O. The molecule has 7 saturated heterocycles. The number of hydrogen-bond donors (Lipinski definition) is 22. The van der Waals surface area contributed by atoms with Crippen molar-refractivity contribution in [3.63, 3.8) is 0 Å². The molecule has 34 atom stereocenters. The second kappa shape index (κ2) is 29.1. The summed E-state index contributed by atoms with van der Waals surface area (Å²) in [6, 6.07) is -3.43. The second-order valence-electron chi connectivity index (χ2n) is 20.6. The van der Waals surface area contributed by atoms with Gasteiger partial charge in [0, 0.05) is 13.8 Å². The highest BCUT2D eigenvalue weighted by atomic mass is 16.8. The average molecular weight is 1210 g/mol. The Hall–Kier alpha value is -2.38. The molecule has 0 aromatic heterocycles. The van der Waals surface area contributed by atoms with Gasteiger partial charge in [-0.2, -0.15) is 0 Å². The highest BCUT2D eigenvalue weighted by Crippen LogP contribution is 2.38. The van der Waals surface area contributed by atoms with Gasteiger partial charge in [-0.15, -0.1) is 0 Å². The van der Waals surface area contributed by atoms with Crippen LogP contribution in [-0.2, 0) is 71.2 Å².